The molecule has 4 atom stereocenters. The molecule has 0 spiro atoms. The SMILES string of the molecule is CCCC[C@@H](OS(C)(=O)=O)[C@@H]1[C@@H](c2ccccc2)[C@H](C)N1C. The van der Waals surface area contributed by atoms with Gasteiger partial charge in [0, 0.05) is 18.0 Å². The number of unbranched alkanes of at least 4 members (excludes halogenated alkanes) is 1. The zero-order valence-corrected chi connectivity index (χ0v) is 14.7. The fraction of sp³-hybridized carbons (Fsp3) is 0.647. The van der Waals surface area contributed by atoms with Gasteiger partial charge in [0.2, 0.25) is 0 Å². The van der Waals surface area contributed by atoms with Crippen molar-refractivity contribution in [2.45, 2.75) is 57.2 Å². The van der Waals surface area contributed by atoms with E-state index in [1.165, 1.54) is 5.56 Å². The van der Waals surface area contributed by atoms with Crippen LogP contribution in [0.3, 0.4) is 0 Å². The Bertz CT molecular complexity index is 573. The van der Waals surface area contributed by atoms with Gasteiger partial charge in [-0.3, -0.25) is 9.08 Å². The van der Waals surface area contributed by atoms with E-state index in [1.807, 2.05) is 18.2 Å². The summed E-state index contributed by atoms with van der Waals surface area (Å²) in [6.45, 7) is 4.30. The van der Waals surface area contributed by atoms with Crippen molar-refractivity contribution >= 4 is 10.1 Å². The summed E-state index contributed by atoms with van der Waals surface area (Å²) < 4.78 is 28.7. The lowest BCUT2D eigenvalue weighted by atomic mass is 9.73. The number of likely N-dealkylation sites (N-methyl/N-ethyl adjacent to an activating group) is 1. The van der Waals surface area contributed by atoms with Crippen LogP contribution in [-0.2, 0) is 14.3 Å². The van der Waals surface area contributed by atoms with Crippen molar-refractivity contribution in [1.29, 1.82) is 0 Å². The molecule has 22 heavy (non-hydrogen) atoms. The van der Waals surface area contributed by atoms with Crippen molar-refractivity contribution in [2.75, 3.05) is 13.3 Å². The third kappa shape index (κ3) is 3.89. The quantitative estimate of drug-likeness (QED) is 0.723. The molecule has 5 heteroatoms. The standard InChI is InChI=1S/C17H27NO3S/c1-5-6-12-15(21-22(4,19)20)17-16(13(2)18(17)3)14-10-8-7-9-11-14/h7-11,13,15-17H,5-6,12H2,1-4H3/t13-,15+,16+,17+/m0/s1. The monoisotopic (exact) mass is 325 g/mol. The van der Waals surface area contributed by atoms with Crippen LogP contribution in [0.4, 0.5) is 0 Å². The Balaban J connectivity index is 2.23. The second-order valence-corrected chi connectivity index (χ2v) is 7.91. The molecule has 1 fully saturated rings. The highest BCUT2D eigenvalue weighted by Gasteiger charge is 2.49. The molecule has 1 aliphatic rings. The molecule has 0 aromatic heterocycles. The maximum Gasteiger partial charge on any atom is 0.264 e. The first kappa shape index (κ1) is 17.4. The molecule has 0 radical (unpaired) electrons. The normalized spacial score (nSPS) is 27.4. The molecule has 2 rings (SSSR count). The number of hydrogen-bond donors (Lipinski definition) is 0. The number of likely N-dealkylation sites (tertiary alicyclic amines) is 1. The fourth-order valence-corrected chi connectivity index (χ4v) is 4.17. The molecule has 1 aromatic carbocycles. The van der Waals surface area contributed by atoms with Crippen LogP contribution in [0.5, 0.6) is 0 Å². The summed E-state index contributed by atoms with van der Waals surface area (Å²) in [7, 11) is -1.39. The molecule has 0 N–H and O–H groups in total. The summed E-state index contributed by atoms with van der Waals surface area (Å²) in [6, 6.07) is 10.8. The van der Waals surface area contributed by atoms with Gasteiger partial charge in [-0.25, -0.2) is 0 Å². The van der Waals surface area contributed by atoms with Gasteiger partial charge in [0.25, 0.3) is 10.1 Å². The van der Waals surface area contributed by atoms with Gasteiger partial charge in [-0.2, -0.15) is 8.42 Å². The van der Waals surface area contributed by atoms with Crippen LogP contribution in [-0.4, -0.2) is 44.8 Å². The van der Waals surface area contributed by atoms with Gasteiger partial charge in [-0.1, -0.05) is 50.1 Å². The van der Waals surface area contributed by atoms with Gasteiger partial charge >= 0.3 is 0 Å². The molecule has 124 valence electrons. The number of benzene rings is 1. The lowest BCUT2D eigenvalue weighted by molar-refractivity contribution is -0.0484. The van der Waals surface area contributed by atoms with E-state index in [0.717, 1.165) is 25.5 Å². The minimum atomic E-state index is -3.45. The Kier molecular flexibility index (Phi) is 5.64. The van der Waals surface area contributed by atoms with Crippen molar-refractivity contribution in [3.63, 3.8) is 0 Å². The first-order valence-electron chi connectivity index (χ1n) is 8.00. The molecular weight excluding hydrogens is 298 g/mol. The Morgan fingerprint density at radius 2 is 1.91 bits per heavy atom. The van der Waals surface area contributed by atoms with Crippen molar-refractivity contribution in [2.24, 2.45) is 0 Å². The van der Waals surface area contributed by atoms with Crippen LogP contribution < -0.4 is 0 Å². The minimum Gasteiger partial charge on any atom is -0.297 e. The lowest BCUT2D eigenvalue weighted by Crippen LogP contribution is -2.64. The van der Waals surface area contributed by atoms with Crippen molar-refractivity contribution in [1.82, 2.24) is 4.90 Å². The third-order valence-corrected chi connectivity index (χ3v) is 5.30. The van der Waals surface area contributed by atoms with E-state index in [2.05, 4.69) is 37.9 Å². The summed E-state index contributed by atoms with van der Waals surface area (Å²) in [5.41, 5.74) is 1.26. The van der Waals surface area contributed by atoms with E-state index in [9.17, 15) is 8.42 Å². The molecule has 0 aliphatic carbocycles. The minimum absolute atomic E-state index is 0.110. The van der Waals surface area contributed by atoms with Crippen LogP contribution >= 0.6 is 0 Å². The van der Waals surface area contributed by atoms with Crippen LogP contribution in [0, 0.1) is 0 Å². The summed E-state index contributed by atoms with van der Waals surface area (Å²) in [6.07, 6.45) is 3.65. The summed E-state index contributed by atoms with van der Waals surface area (Å²) in [5.74, 6) is 0.315. The van der Waals surface area contributed by atoms with Crippen molar-refractivity contribution < 1.29 is 12.6 Å². The number of hydrogen-bond acceptors (Lipinski definition) is 4. The average Bonchev–Trinajstić information content (AvgIpc) is 2.48. The molecule has 0 bridgehead atoms. The van der Waals surface area contributed by atoms with Crippen LogP contribution in [0.2, 0.25) is 0 Å². The first-order valence-corrected chi connectivity index (χ1v) is 9.82. The zero-order valence-electron chi connectivity index (χ0n) is 13.9. The van der Waals surface area contributed by atoms with E-state index in [0.29, 0.717) is 12.0 Å². The van der Waals surface area contributed by atoms with Crippen LogP contribution in [0.15, 0.2) is 30.3 Å². The second kappa shape index (κ2) is 7.11. The number of rotatable bonds is 7. The molecule has 1 aliphatic heterocycles. The second-order valence-electron chi connectivity index (χ2n) is 6.31. The molecule has 0 saturated carbocycles. The third-order valence-electron chi connectivity index (χ3n) is 4.71. The van der Waals surface area contributed by atoms with Gasteiger partial charge in [-0.05, 0) is 26.0 Å². The molecule has 1 heterocycles. The molecular formula is C17H27NO3S. The molecule has 0 amide bonds. The van der Waals surface area contributed by atoms with Crippen LogP contribution in [0.25, 0.3) is 0 Å². The van der Waals surface area contributed by atoms with Gasteiger partial charge in [0.05, 0.1) is 12.4 Å². The summed E-state index contributed by atoms with van der Waals surface area (Å²) in [5, 5.41) is 0. The van der Waals surface area contributed by atoms with E-state index < -0.39 is 10.1 Å². The van der Waals surface area contributed by atoms with Gasteiger partial charge < -0.3 is 0 Å². The van der Waals surface area contributed by atoms with E-state index in [1.54, 1.807) is 0 Å². The summed E-state index contributed by atoms with van der Waals surface area (Å²) in [4.78, 5) is 2.24. The van der Waals surface area contributed by atoms with Crippen molar-refractivity contribution in [3.8, 4) is 0 Å². The molecule has 1 aromatic rings. The topological polar surface area (TPSA) is 46.6 Å². The zero-order chi connectivity index (χ0) is 16.3. The first-order chi connectivity index (χ1) is 10.3. The molecule has 4 nitrogen and oxygen atoms in total. The maximum atomic E-state index is 11.6. The van der Waals surface area contributed by atoms with E-state index >= 15 is 0 Å². The summed E-state index contributed by atoms with van der Waals surface area (Å²) >= 11 is 0. The molecule has 1 saturated heterocycles. The van der Waals surface area contributed by atoms with Crippen LogP contribution in [0.1, 0.15) is 44.6 Å². The van der Waals surface area contributed by atoms with Crippen molar-refractivity contribution in [3.05, 3.63) is 35.9 Å². The Labute approximate surface area is 134 Å². The maximum absolute atomic E-state index is 11.6. The van der Waals surface area contributed by atoms with E-state index in [-0.39, 0.29) is 12.1 Å². The van der Waals surface area contributed by atoms with E-state index in [4.69, 9.17) is 4.18 Å². The highest BCUT2D eigenvalue weighted by Crippen LogP contribution is 2.42. The Hall–Kier alpha value is -0.910. The highest BCUT2D eigenvalue weighted by molar-refractivity contribution is 7.86. The average molecular weight is 325 g/mol. The smallest absolute Gasteiger partial charge is 0.264 e. The highest BCUT2D eigenvalue weighted by atomic mass is 32.2. The molecule has 0 unspecified atom stereocenters. The fourth-order valence-electron chi connectivity index (χ4n) is 3.51. The predicted octanol–water partition coefficient (Wildman–Crippen LogP) is 3.01. The van der Waals surface area contributed by atoms with Gasteiger partial charge in [-0.15, -0.1) is 0 Å². The van der Waals surface area contributed by atoms with Gasteiger partial charge in [0.1, 0.15) is 0 Å². The Morgan fingerprint density at radius 1 is 1.27 bits per heavy atom. The largest absolute Gasteiger partial charge is 0.297 e. The van der Waals surface area contributed by atoms with Gasteiger partial charge in [0.15, 0.2) is 0 Å². The lowest BCUT2D eigenvalue weighted by Gasteiger charge is -2.55. The Morgan fingerprint density at radius 3 is 2.45 bits per heavy atom. The number of nitrogens with zero attached hydrogens (tertiary/aromatic N) is 1. The predicted molar refractivity (Wildman–Crippen MR) is 89.4 cm³/mol.